The van der Waals surface area contributed by atoms with Gasteiger partial charge in [0.2, 0.25) is 5.91 Å². The number of likely N-dealkylation sites (N-methyl/N-ethyl adjacent to an activating group) is 1. The molecule has 3 nitrogen and oxygen atoms in total. The molecule has 136 valence electrons. The van der Waals surface area contributed by atoms with E-state index in [1.165, 1.54) is 24.8 Å². The summed E-state index contributed by atoms with van der Waals surface area (Å²) >= 11 is 4.02. The normalized spacial score (nSPS) is 37.3. The average molecular weight is 405 g/mol. The van der Waals surface area contributed by atoms with Gasteiger partial charge in [0, 0.05) is 10.9 Å². The fraction of sp³-hybridized carbons (Fsp3) is 0.667. The first-order valence-corrected chi connectivity index (χ1v) is 10.4. The third kappa shape index (κ3) is 3.40. The second-order valence-electron chi connectivity index (χ2n) is 9.09. The third-order valence-corrected chi connectivity index (χ3v) is 7.45. The molecule has 4 saturated carbocycles. The molecule has 0 heterocycles. The number of amides is 1. The standard InChI is InChI=1S/C21H29BrN2O/c1-24(2)13-18(17-6-4-3-5-7-17)23-19(25)20-9-15-8-16(10-20)12-21(22,11-15)14-20/h3-7,15-16,18H,8-14H2,1-2H3,(H,23,25). The Morgan fingerprint density at radius 1 is 1.20 bits per heavy atom. The van der Waals surface area contributed by atoms with Crippen molar-refractivity contribution in [3.05, 3.63) is 35.9 Å². The zero-order chi connectivity index (χ0) is 17.7. The van der Waals surface area contributed by atoms with E-state index in [2.05, 4.69) is 64.5 Å². The van der Waals surface area contributed by atoms with E-state index in [0.717, 1.165) is 37.6 Å². The third-order valence-electron chi connectivity index (χ3n) is 6.53. The van der Waals surface area contributed by atoms with Gasteiger partial charge in [-0.15, -0.1) is 0 Å². The zero-order valence-electron chi connectivity index (χ0n) is 15.3. The molecule has 4 heteroatoms. The van der Waals surface area contributed by atoms with Crippen LogP contribution in [-0.2, 0) is 4.79 Å². The van der Waals surface area contributed by atoms with Gasteiger partial charge in [-0.25, -0.2) is 0 Å². The second kappa shape index (κ2) is 6.38. The van der Waals surface area contributed by atoms with Crippen LogP contribution in [0.4, 0.5) is 0 Å². The van der Waals surface area contributed by atoms with Crippen LogP contribution in [0.5, 0.6) is 0 Å². The maximum atomic E-state index is 13.5. The van der Waals surface area contributed by atoms with E-state index < -0.39 is 0 Å². The van der Waals surface area contributed by atoms with E-state index in [0.29, 0.717) is 5.91 Å². The smallest absolute Gasteiger partial charge is 0.226 e. The van der Waals surface area contributed by atoms with Crippen molar-refractivity contribution in [3.63, 3.8) is 0 Å². The summed E-state index contributed by atoms with van der Waals surface area (Å²) in [6, 6.07) is 10.5. The molecule has 1 amide bonds. The summed E-state index contributed by atoms with van der Waals surface area (Å²) in [5.41, 5.74) is 1.05. The maximum absolute atomic E-state index is 13.5. The first-order chi connectivity index (χ1) is 11.9. The SMILES string of the molecule is CN(C)CC(NC(=O)C12CC3CC(CC(Br)(C3)C1)C2)c1ccccc1. The highest BCUT2D eigenvalue weighted by molar-refractivity contribution is 9.10. The maximum Gasteiger partial charge on any atom is 0.226 e. The van der Waals surface area contributed by atoms with Crippen LogP contribution < -0.4 is 5.32 Å². The summed E-state index contributed by atoms with van der Waals surface area (Å²) in [6.45, 7) is 0.831. The number of rotatable bonds is 5. The van der Waals surface area contributed by atoms with E-state index in [4.69, 9.17) is 0 Å². The first kappa shape index (κ1) is 17.5. The Morgan fingerprint density at radius 3 is 2.40 bits per heavy atom. The minimum absolute atomic E-state index is 0.0583. The molecule has 4 aliphatic carbocycles. The van der Waals surface area contributed by atoms with E-state index in [-0.39, 0.29) is 15.8 Å². The van der Waals surface area contributed by atoms with Crippen molar-refractivity contribution in [2.24, 2.45) is 17.3 Å². The van der Waals surface area contributed by atoms with Crippen LogP contribution >= 0.6 is 15.9 Å². The van der Waals surface area contributed by atoms with Crippen LogP contribution in [0.2, 0.25) is 0 Å². The molecule has 0 radical (unpaired) electrons. The second-order valence-corrected chi connectivity index (χ2v) is 10.8. The number of nitrogens with one attached hydrogen (secondary N) is 1. The van der Waals surface area contributed by atoms with Gasteiger partial charge in [-0.05, 0) is 70.0 Å². The zero-order valence-corrected chi connectivity index (χ0v) is 16.9. The van der Waals surface area contributed by atoms with Crippen molar-refractivity contribution in [1.29, 1.82) is 0 Å². The lowest BCUT2D eigenvalue weighted by Crippen LogP contribution is -2.58. The van der Waals surface area contributed by atoms with Gasteiger partial charge in [0.05, 0.1) is 11.5 Å². The Morgan fingerprint density at radius 2 is 1.84 bits per heavy atom. The van der Waals surface area contributed by atoms with E-state index in [9.17, 15) is 4.79 Å². The molecule has 0 spiro atoms. The molecule has 0 saturated heterocycles. The van der Waals surface area contributed by atoms with Crippen molar-refractivity contribution in [1.82, 2.24) is 10.2 Å². The fourth-order valence-corrected chi connectivity index (χ4v) is 7.47. The number of benzene rings is 1. The Kier molecular flexibility index (Phi) is 4.48. The number of carbonyl (C=O) groups is 1. The highest BCUT2D eigenvalue weighted by Gasteiger charge is 2.59. The van der Waals surface area contributed by atoms with Gasteiger partial charge in [-0.2, -0.15) is 0 Å². The molecule has 0 aromatic heterocycles. The summed E-state index contributed by atoms with van der Waals surface area (Å²) in [7, 11) is 4.14. The molecule has 0 aliphatic heterocycles. The van der Waals surface area contributed by atoms with Gasteiger partial charge in [0.25, 0.3) is 0 Å². The fourth-order valence-electron chi connectivity index (χ4n) is 6.01. The molecule has 5 rings (SSSR count). The minimum Gasteiger partial charge on any atom is -0.348 e. The number of hydrogen-bond donors (Lipinski definition) is 1. The highest BCUT2D eigenvalue weighted by atomic mass is 79.9. The van der Waals surface area contributed by atoms with Crippen LogP contribution in [0, 0.1) is 17.3 Å². The highest BCUT2D eigenvalue weighted by Crippen LogP contribution is 2.64. The van der Waals surface area contributed by atoms with Gasteiger partial charge in [0.1, 0.15) is 0 Å². The van der Waals surface area contributed by atoms with Crippen molar-refractivity contribution >= 4 is 21.8 Å². The average Bonchev–Trinajstić information content (AvgIpc) is 2.52. The molecule has 1 aromatic carbocycles. The van der Waals surface area contributed by atoms with Gasteiger partial charge >= 0.3 is 0 Å². The van der Waals surface area contributed by atoms with Crippen LogP contribution in [0.15, 0.2) is 30.3 Å². The van der Waals surface area contributed by atoms with Gasteiger partial charge in [0.15, 0.2) is 0 Å². The van der Waals surface area contributed by atoms with Crippen molar-refractivity contribution in [3.8, 4) is 0 Å². The Labute approximate surface area is 159 Å². The number of hydrogen-bond acceptors (Lipinski definition) is 2. The summed E-state index contributed by atoms with van der Waals surface area (Å²) in [4.78, 5) is 15.6. The van der Waals surface area contributed by atoms with Crippen LogP contribution in [-0.4, -0.2) is 35.8 Å². The van der Waals surface area contributed by atoms with Gasteiger partial charge in [-0.1, -0.05) is 46.3 Å². The largest absolute Gasteiger partial charge is 0.348 e. The van der Waals surface area contributed by atoms with Crippen molar-refractivity contribution in [2.75, 3.05) is 20.6 Å². The molecule has 3 unspecified atom stereocenters. The van der Waals surface area contributed by atoms with Crippen molar-refractivity contribution in [2.45, 2.75) is 48.9 Å². The quantitative estimate of drug-likeness (QED) is 0.747. The van der Waals surface area contributed by atoms with Crippen LogP contribution in [0.1, 0.15) is 50.1 Å². The lowest BCUT2D eigenvalue weighted by molar-refractivity contribution is -0.145. The lowest BCUT2D eigenvalue weighted by Gasteiger charge is -2.59. The number of halogens is 1. The first-order valence-electron chi connectivity index (χ1n) is 9.57. The van der Waals surface area contributed by atoms with Crippen LogP contribution in [0.3, 0.4) is 0 Å². The van der Waals surface area contributed by atoms with Crippen molar-refractivity contribution < 1.29 is 4.79 Å². The number of carbonyl (C=O) groups excluding carboxylic acids is 1. The van der Waals surface area contributed by atoms with Crippen LogP contribution in [0.25, 0.3) is 0 Å². The molecule has 1 aromatic rings. The molecule has 4 fully saturated rings. The molecular weight excluding hydrogens is 376 g/mol. The number of nitrogens with zero attached hydrogens (tertiary/aromatic N) is 1. The lowest BCUT2D eigenvalue weighted by atomic mass is 9.49. The van der Waals surface area contributed by atoms with E-state index >= 15 is 0 Å². The summed E-state index contributed by atoms with van der Waals surface area (Å²) in [5.74, 6) is 1.76. The molecule has 1 N–H and O–H groups in total. The van der Waals surface area contributed by atoms with E-state index in [1.807, 2.05) is 6.07 Å². The van der Waals surface area contributed by atoms with E-state index in [1.54, 1.807) is 0 Å². The summed E-state index contributed by atoms with van der Waals surface area (Å²) < 4.78 is 0.220. The minimum atomic E-state index is -0.146. The van der Waals surface area contributed by atoms with Gasteiger partial charge in [-0.3, -0.25) is 4.79 Å². The van der Waals surface area contributed by atoms with Gasteiger partial charge < -0.3 is 10.2 Å². The predicted octanol–water partition coefficient (Wildman–Crippen LogP) is 4.14. The Hall–Kier alpha value is -0.870. The summed E-state index contributed by atoms with van der Waals surface area (Å²) in [5, 5.41) is 3.44. The molecule has 3 atom stereocenters. The molecule has 4 bridgehead atoms. The Bertz CT molecular complexity index is 631. The summed E-state index contributed by atoms with van der Waals surface area (Å²) in [6.07, 6.45) is 7.06. The monoisotopic (exact) mass is 404 g/mol. The Balaban J connectivity index is 1.55. The number of alkyl halides is 1. The molecule has 4 aliphatic rings. The molecular formula is C21H29BrN2O. The molecule has 25 heavy (non-hydrogen) atoms. The predicted molar refractivity (Wildman–Crippen MR) is 105 cm³/mol. The topological polar surface area (TPSA) is 32.3 Å².